The number of methoxy groups -OCH3 is 2. The predicted molar refractivity (Wildman–Crippen MR) is 140 cm³/mol. The number of allylic oxidation sites excluding steroid dienone is 1. The van der Waals surface area contributed by atoms with Gasteiger partial charge in [-0.15, -0.1) is 0 Å². The van der Waals surface area contributed by atoms with Crippen LogP contribution in [0.25, 0.3) is 0 Å². The first-order valence-corrected chi connectivity index (χ1v) is 13.5. The van der Waals surface area contributed by atoms with E-state index in [0.29, 0.717) is 18.8 Å². The Kier molecular flexibility index (Phi) is 10.2. The van der Waals surface area contributed by atoms with E-state index in [1.807, 2.05) is 37.3 Å². The highest BCUT2D eigenvalue weighted by atomic mass is 16.5. The van der Waals surface area contributed by atoms with E-state index >= 15 is 0 Å². The average Bonchev–Trinajstić information content (AvgIpc) is 2.87. The molecular weight excluding hydrogens is 456 g/mol. The number of benzene rings is 1. The zero-order chi connectivity index (χ0) is 26.5. The second-order valence-corrected chi connectivity index (χ2v) is 11.1. The molecule has 36 heavy (non-hydrogen) atoms. The summed E-state index contributed by atoms with van der Waals surface area (Å²) in [6.07, 6.45) is 6.03. The zero-order valence-corrected chi connectivity index (χ0v) is 22.8. The van der Waals surface area contributed by atoms with Crippen molar-refractivity contribution in [2.45, 2.75) is 89.8 Å². The van der Waals surface area contributed by atoms with Crippen molar-refractivity contribution in [1.82, 2.24) is 0 Å². The Balaban J connectivity index is 1.99. The Morgan fingerprint density at radius 3 is 2.28 bits per heavy atom. The lowest BCUT2D eigenvalue weighted by Gasteiger charge is -2.51. The third-order valence-electron chi connectivity index (χ3n) is 8.86. The minimum Gasteiger partial charge on any atom is -0.457 e. The molecule has 2 N–H and O–H groups in total. The number of aliphatic hydroxyl groups is 2. The van der Waals surface area contributed by atoms with Gasteiger partial charge < -0.3 is 24.4 Å². The van der Waals surface area contributed by atoms with Crippen molar-refractivity contribution < 1.29 is 29.2 Å². The summed E-state index contributed by atoms with van der Waals surface area (Å²) >= 11 is 0. The smallest absolute Gasteiger partial charge is 0.312 e. The summed E-state index contributed by atoms with van der Waals surface area (Å²) in [5.74, 6) is -1.09. The van der Waals surface area contributed by atoms with E-state index in [9.17, 15) is 15.0 Å². The van der Waals surface area contributed by atoms with Gasteiger partial charge in [0.2, 0.25) is 0 Å². The number of cyclic esters (lactones) is 1. The number of rotatable bonds is 3. The SMILES string of the molecule is CO[C@@H]1[C@@H](O)[C@H](C)[C@H]2C[C@]1(O)[C@H](C)C(=O)O[C@H](c1ccccc1)CCCC[C@H](C)[C@H](OC)/C=C/[C@@H]2C. The summed E-state index contributed by atoms with van der Waals surface area (Å²) in [5.41, 5.74) is -0.611. The topological polar surface area (TPSA) is 85.2 Å². The number of ether oxygens (including phenoxy) is 3. The van der Waals surface area contributed by atoms with Crippen LogP contribution < -0.4 is 0 Å². The van der Waals surface area contributed by atoms with Crippen LogP contribution in [0.15, 0.2) is 42.5 Å². The van der Waals surface area contributed by atoms with Crippen LogP contribution in [0.2, 0.25) is 0 Å². The molecule has 0 aromatic heterocycles. The van der Waals surface area contributed by atoms with Crippen molar-refractivity contribution in [2.75, 3.05) is 14.2 Å². The molecule has 1 aromatic carbocycles. The standard InChI is InChI=1S/C30H46O6/c1-19-16-17-25(34-5)20(2)12-10-11-15-26(23-13-8-7-9-14-23)36-29(32)22(4)30(33)18-24(19)21(3)27(31)28(30)35-6/h7-9,13-14,16-17,19-22,24-28,31,33H,10-12,15,18H2,1-6H3/b17-16+/t19-,20-,21+,22+,24-,25+,26-,27-,28+,30-/m0/s1. The van der Waals surface area contributed by atoms with Crippen molar-refractivity contribution in [2.24, 2.45) is 29.6 Å². The van der Waals surface area contributed by atoms with Crippen LogP contribution >= 0.6 is 0 Å². The van der Waals surface area contributed by atoms with Crippen molar-refractivity contribution >= 4 is 5.97 Å². The van der Waals surface area contributed by atoms with E-state index in [0.717, 1.165) is 24.8 Å². The molecule has 2 bridgehead atoms. The molecule has 6 nitrogen and oxygen atoms in total. The van der Waals surface area contributed by atoms with Gasteiger partial charge in [-0.2, -0.15) is 0 Å². The van der Waals surface area contributed by atoms with Crippen molar-refractivity contribution in [3.8, 4) is 0 Å². The molecule has 6 heteroatoms. The van der Waals surface area contributed by atoms with Crippen molar-refractivity contribution in [3.63, 3.8) is 0 Å². The number of hydrogen-bond acceptors (Lipinski definition) is 6. The molecule has 1 saturated carbocycles. The Morgan fingerprint density at radius 2 is 1.64 bits per heavy atom. The normalized spacial score (nSPS) is 41.9. The van der Waals surface area contributed by atoms with Crippen LogP contribution in [0.5, 0.6) is 0 Å². The van der Waals surface area contributed by atoms with Gasteiger partial charge in [0.15, 0.2) is 0 Å². The maximum absolute atomic E-state index is 13.5. The molecule has 2 aliphatic rings. The van der Waals surface area contributed by atoms with E-state index < -0.39 is 35.8 Å². The summed E-state index contributed by atoms with van der Waals surface area (Å²) in [6.45, 7) is 8.00. The van der Waals surface area contributed by atoms with Crippen LogP contribution in [0.3, 0.4) is 0 Å². The van der Waals surface area contributed by atoms with E-state index in [2.05, 4.69) is 26.0 Å². The highest BCUT2D eigenvalue weighted by Gasteiger charge is 2.56. The number of esters is 1. The van der Waals surface area contributed by atoms with E-state index in [1.54, 1.807) is 14.0 Å². The van der Waals surface area contributed by atoms with Crippen LogP contribution in [0.4, 0.5) is 0 Å². The molecule has 1 aromatic rings. The van der Waals surface area contributed by atoms with Gasteiger partial charge in [0.05, 0.1) is 18.1 Å². The van der Waals surface area contributed by atoms with Gasteiger partial charge in [0.25, 0.3) is 0 Å². The van der Waals surface area contributed by atoms with Crippen LogP contribution in [-0.2, 0) is 19.0 Å². The summed E-state index contributed by atoms with van der Waals surface area (Å²) in [6, 6.07) is 9.80. The summed E-state index contributed by atoms with van der Waals surface area (Å²) < 4.78 is 17.5. The molecule has 0 spiro atoms. The van der Waals surface area contributed by atoms with E-state index in [4.69, 9.17) is 14.2 Å². The molecule has 1 aliphatic carbocycles. The lowest BCUT2D eigenvalue weighted by molar-refractivity contribution is -0.224. The predicted octanol–water partition coefficient (Wildman–Crippen LogP) is 5.09. The first-order valence-electron chi connectivity index (χ1n) is 13.5. The zero-order valence-electron chi connectivity index (χ0n) is 22.8. The molecule has 1 heterocycles. The Morgan fingerprint density at radius 1 is 0.972 bits per heavy atom. The maximum atomic E-state index is 13.5. The van der Waals surface area contributed by atoms with Gasteiger partial charge in [-0.1, -0.05) is 69.7 Å². The molecule has 1 fully saturated rings. The molecule has 3 rings (SSSR count). The molecule has 0 amide bonds. The van der Waals surface area contributed by atoms with Crippen LogP contribution in [0, 0.1) is 29.6 Å². The van der Waals surface area contributed by atoms with Gasteiger partial charge in [0.1, 0.15) is 17.8 Å². The van der Waals surface area contributed by atoms with Gasteiger partial charge in [-0.3, -0.25) is 4.79 Å². The molecule has 0 saturated heterocycles. The second-order valence-electron chi connectivity index (χ2n) is 11.1. The van der Waals surface area contributed by atoms with Gasteiger partial charge in [-0.05, 0) is 61.8 Å². The van der Waals surface area contributed by atoms with Crippen molar-refractivity contribution in [3.05, 3.63) is 48.0 Å². The van der Waals surface area contributed by atoms with E-state index in [-0.39, 0.29) is 23.9 Å². The Labute approximate surface area is 217 Å². The molecule has 0 radical (unpaired) electrons. The minimum atomic E-state index is -1.56. The summed E-state index contributed by atoms with van der Waals surface area (Å²) in [4.78, 5) is 13.5. The fraction of sp³-hybridized carbons (Fsp3) is 0.700. The monoisotopic (exact) mass is 502 g/mol. The maximum Gasteiger partial charge on any atom is 0.312 e. The third kappa shape index (κ3) is 6.21. The molecule has 1 aliphatic heterocycles. The first kappa shape index (κ1) is 28.8. The average molecular weight is 503 g/mol. The molecule has 0 unspecified atom stereocenters. The molecule has 10 atom stereocenters. The number of carbonyl (C=O) groups excluding carboxylic acids is 1. The minimum absolute atomic E-state index is 0.00328. The van der Waals surface area contributed by atoms with Crippen LogP contribution in [-0.4, -0.2) is 54.3 Å². The highest BCUT2D eigenvalue weighted by Crippen LogP contribution is 2.46. The van der Waals surface area contributed by atoms with Gasteiger partial charge in [0, 0.05) is 14.2 Å². The first-order chi connectivity index (χ1) is 17.1. The lowest BCUT2D eigenvalue weighted by Crippen LogP contribution is -2.63. The summed E-state index contributed by atoms with van der Waals surface area (Å²) in [7, 11) is 3.23. The number of fused-ring (bicyclic) bond motifs is 2. The molecular formula is C30H46O6. The van der Waals surface area contributed by atoms with Crippen LogP contribution in [0.1, 0.15) is 71.5 Å². The van der Waals surface area contributed by atoms with Crippen molar-refractivity contribution in [1.29, 1.82) is 0 Å². The Hall–Kier alpha value is -1.73. The van der Waals surface area contributed by atoms with Gasteiger partial charge in [-0.25, -0.2) is 0 Å². The number of carbonyl (C=O) groups is 1. The summed E-state index contributed by atoms with van der Waals surface area (Å²) in [5, 5.41) is 23.2. The largest absolute Gasteiger partial charge is 0.457 e. The van der Waals surface area contributed by atoms with Gasteiger partial charge >= 0.3 is 5.97 Å². The number of hydrogen-bond donors (Lipinski definition) is 2. The van der Waals surface area contributed by atoms with E-state index in [1.165, 1.54) is 7.11 Å². The fourth-order valence-electron chi connectivity index (χ4n) is 6.23. The molecule has 202 valence electrons. The second kappa shape index (κ2) is 12.7. The third-order valence-corrected chi connectivity index (χ3v) is 8.86. The number of aliphatic hydroxyl groups excluding tert-OH is 1. The quantitative estimate of drug-likeness (QED) is 0.443. The lowest BCUT2D eigenvalue weighted by atomic mass is 9.61. The fourth-order valence-corrected chi connectivity index (χ4v) is 6.23. The highest BCUT2D eigenvalue weighted by molar-refractivity contribution is 5.74. The Bertz CT molecular complexity index is 856.